The normalized spacial score (nSPS) is 9.76. The first-order chi connectivity index (χ1) is 10.2. The highest BCUT2D eigenvalue weighted by Gasteiger charge is 2.13. The zero-order valence-electron chi connectivity index (χ0n) is 11.4. The molecule has 2 rings (SSSR count). The van der Waals surface area contributed by atoms with E-state index in [0.29, 0.717) is 0 Å². The van der Waals surface area contributed by atoms with Crippen LogP contribution < -0.4 is 4.74 Å². The Morgan fingerprint density at radius 1 is 0.857 bits per heavy atom. The Kier molecular flexibility index (Phi) is 4.93. The number of benzene rings is 2. The lowest BCUT2D eigenvalue weighted by molar-refractivity contribution is 0.0611. The molecule has 0 aliphatic carbocycles. The molecule has 0 aromatic heterocycles. The fraction of sp³-hybridized carbons (Fsp3) is 0.125. The fourth-order valence-electron chi connectivity index (χ4n) is 1.68. The molecule has 0 heterocycles. The third-order valence-corrected chi connectivity index (χ3v) is 2.59. The minimum Gasteiger partial charge on any atom is -0.434 e. The van der Waals surface area contributed by atoms with Gasteiger partial charge in [-0.25, -0.2) is 9.59 Å². The van der Waals surface area contributed by atoms with E-state index in [1.807, 2.05) is 42.5 Å². The first-order valence-electron chi connectivity index (χ1n) is 6.41. The van der Waals surface area contributed by atoms with Crippen LogP contribution in [-0.2, 0) is 9.47 Å². The molecule has 0 N–H and O–H groups in total. The van der Waals surface area contributed by atoms with E-state index in [-0.39, 0.29) is 12.4 Å². The molecular formula is C16H14O5. The van der Waals surface area contributed by atoms with Gasteiger partial charge in [0.25, 0.3) is 0 Å². The summed E-state index contributed by atoms with van der Waals surface area (Å²) >= 11 is 0. The van der Waals surface area contributed by atoms with Crippen LogP contribution in [0.25, 0.3) is 11.1 Å². The summed E-state index contributed by atoms with van der Waals surface area (Å²) in [5, 5.41) is 0. The minimum atomic E-state index is -1.12. The first kappa shape index (κ1) is 14.6. The van der Waals surface area contributed by atoms with Crippen LogP contribution in [0.15, 0.2) is 54.6 Å². The standard InChI is InChI=1S/C16H14O5/c1-2-19-15(17)21-16(18)20-14-10-8-13(9-11-14)12-6-4-3-5-7-12/h3-11H,2H2,1H3. The first-order valence-corrected chi connectivity index (χ1v) is 6.41. The predicted octanol–water partition coefficient (Wildman–Crippen LogP) is 4.03. The van der Waals surface area contributed by atoms with E-state index < -0.39 is 12.3 Å². The van der Waals surface area contributed by atoms with Crippen LogP contribution >= 0.6 is 0 Å². The third-order valence-electron chi connectivity index (χ3n) is 2.59. The Labute approximate surface area is 122 Å². The van der Waals surface area contributed by atoms with Crippen molar-refractivity contribution in [3.8, 4) is 16.9 Å². The molecule has 0 atom stereocenters. The monoisotopic (exact) mass is 286 g/mol. The van der Waals surface area contributed by atoms with Gasteiger partial charge in [-0.05, 0) is 30.2 Å². The highest BCUT2D eigenvalue weighted by Crippen LogP contribution is 2.22. The molecule has 2 aromatic rings. The summed E-state index contributed by atoms with van der Waals surface area (Å²) < 4.78 is 13.6. The van der Waals surface area contributed by atoms with Gasteiger partial charge in [-0.3, -0.25) is 0 Å². The maximum atomic E-state index is 11.3. The van der Waals surface area contributed by atoms with Gasteiger partial charge in [0.1, 0.15) is 5.75 Å². The highest BCUT2D eigenvalue weighted by atomic mass is 16.8. The second-order valence-electron chi connectivity index (χ2n) is 4.03. The molecule has 5 heteroatoms. The summed E-state index contributed by atoms with van der Waals surface area (Å²) in [6, 6.07) is 16.6. The average Bonchev–Trinajstić information content (AvgIpc) is 2.49. The van der Waals surface area contributed by atoms with E-state index in [9.17, 15) is 9.59 Å². The number of hydrogen-bond donors (Lipinski definition) is 0. The fourth-order valence-corrected chi connectivity index (χ4v) is 1.68. The largest absolute Gasteiger partial charge is 0.524 e. The molecular weight excluding hydrogens is 272 g/mol. The van der Waals surface area contributed by atoms with Crippen molar-refractivity contribution in [3.63, 3.8) is 0 Å². The second-order valence-corrected chi connectivity index (χ2v) is 4.03. The zero-order chi connectivity index (χ0) is 15.1. The van der Waals surface area contributed by atoms with Gasteiger partial charge in [-0.15, -0.1) is 0 Å². The van der Waals surface area contributed by atoms with Crippen molar-refractivity contribution in [1.29, 1.82) is 0 Å². The predicted molar refractivity (Wildman–Crippen MR) is 76.0 cm³/mol. The van der Waals surface area contributed by atoms with Crippen molar-refractivity contribution in [1.82, 2.24) is 0 Å². The summed E-state index contributed by atoms with van der Waals surface area (Å²) in [7, 11) is 0. The summed E-state index contributed by atoms with van der Waals surface area (Å²) in [5.74, 6) is 0.281. The average molecular weight is 286 g/mol. The second kappa shape index (κ2) is 7.09. The topological polar surface area (TPSA) is 61.8 Å². The molecule has 0 aliphatic heterocycles. The van der Waals surface area contributed by atoms with Gasteiger partial charge >= 0.3 is 12.3 Å². The summed E-state index contributed by atoms with van der Waals surface area (Å²) in [5.41, 5.74) is 2.04. The van der Waals surface area contributed by atoms with E-state index in [4.69, 9.17) is 4.74 Å². The van der Waals surface area contributed by atoms with Crippen molar-refractivity contribution in [3.05, 3.63) is 54.6 Å². The van der Waals surface area contributed by atoms with Crippen LogP contribution in [0.1, 0.15) is 6.92 Å². The number of rotatable bonds is 3. The Morgan fingerprint density at radius 2 is 1.48 bits per heavy atom. The SMILES string of the molecule is CCOC(=O)OC(=O)Oc1ccc(-c2ccccc2)cc1. The van der Waals surface area contributed by atoms with Crippen LogP contribution in [0.4, 0.5) is 9.59 Å². The molecule has 0 bridgehead atoms. The molecule has 0 saturated heterocycles. The number of ether oxygens (including phenoxy) is 3. The number of hydrogen-bond acceptors (Lipinski definition) is 5. The Bertz CT molecular complexity index is 604. The molecule has 0 radical (unpaired) electrons. The van der Waals surface area contributed by atoms with E-state index in [1.54, 1.807) is 19.1 Å². The van der Waals surface area contributed by atoms with Gasteiger partial charge in [0, 0.05) is 0 Å². The molecule has 108 valence electrons. The molecule has 21 heavy (non-hydrogen) atoms. The lowest BCUT2D eigenvalue weighted by Crippen LogP contribution is -2.17. The number of carbonyl (C=O) groups is 2. The van der Waals surface area contributed by atoms with E-state index in [0.717, 1.165) is 11.1 Å². The smallest absolute Gasteiger partial charge is 0.434 e. The van der Waals surface area contributed by atoms with Crippen LogP contribution in [0, 0.1) is 0 Å². The molecule has 0 amide bonds. The van der Waals surface area contributed by atoms with Crippen LogP contribution in [0.3, 0.4) is 0 Å². The molecule has 2 aromatic carbocycles. The Balaban J connectivity index is 1.97. The summed E-state index contributed by atoms with van der Waals surface area (Å²) in [6.07, 6.45) is -2.20. The van der Waals surface area contributed by atoms with Gasteiger partial charge in [-0.2, -0.15) is 0 Å². The maximum absolute atomic E-state index is 11.3. The molecule has 5 nitrogen and oxygen atoms in total. The zero-order valence-corrected chi connectivity index (χ0v) is 11.4. The third kappa shape index (κ3) is 4.35. The molecule has 0 aliphatic rings. The number of carbonyl (C=O) groups excluding carboxylic acids is 2. The van der Waals surface area contributed by atoms with Crippen molar-refractivity contribution >= 4 is 12.3 Å². The van der Waals surface area contributed by atoms with Gasteiger partial charge in [0.2, 0.25) is 0 Å². The van der Waals surface area contributed by atoms with Gasteiger partial charge < -0.3 is 14.2 Å². The molecule has 0 fully saturated rings. The van der Waals surface area contributed by atoms with Crippen molar-refractivity contribution in [2.45, 2.75) is 6.92 Å². The van der Waals surface area contributed by atoms with Crippen molar-refractivity contribution < 1.29 is 23.8 Å². The summed E-state index contributed by atoms with van der Waals surface area (Å²) in [6.45, 7) is 1.73. The van der Waals surface area contributed by atoms with Crippen LogP contribution in [0.2, 0.25) is 0 Å². The van der Waals surface area contributed by atoms with Gasteiger partial charge in [0.15, 0.2) is 0 Å². The van der Waals surface area contributed by atoms with E-state index in [2.05, 4.69) is 9.47 Å². The minimum absolute atomic E-state index is 0.123. The lowest BCUT2D eigenvalue weighted by atomic mass is 10.1. The maximum Gasteiger partial charge on any atom is 0.524 e. The van der Waals surface area contributed by atoms with Gasteiger partial charge in [-0.1, -0.05) is 42.5 Å². The Morgan fingerprint density at radius 3 is 2.10 bits per heavy atom. The van der Waals surface area contributed by atoms with Gasteiger partial charge in [0.05, 0.1) is 6.61 Å². The molecule has 0 spiro atoms. The van der Waals surface area contributed by atoms with Crippen molar-refractivity contribution in [2.24, 2.45) is 0 Å². The van der Waals surface area contributed by atoms with Crippen LogP contribution in [0.5, 0.6) is 5.75 Å². The molecule has 0 unspecified atom stereocenters. The lowest BCUT2D eigenvalue weighted by Gasteiger charge is -2.05. The van der Waals surface area contributed by atoms with E-state index >= 15 is 0 Å². The Hall–Kier alpha value is -2.82. The van der Waals surface area contributed by atoms with Crippen molar-refractivity contribution in [2.75, 3.05) is 6.61 Å². The van der Waals surface area contributed by atoms with Crippen LogP contribution in [-0.4, -0.2) is 18.9 Å². The highest BCUT2D eigenvalue weighted by molar-refractivity contribution is 5.78. The van der Waals surface area contributed by atoms with E-state index in [1.165, 1.54) is 0 Å². The summed E-state index contributed by atoms with van der Waals surface area (Å²) in [4.78, 5) is 22.2. The quantitative estimate of drug-likeness (QED) is 0.484. The molecule has 0 saturated carbocycles.